The maximum absolute atomic E-state index is 5.56. The molecule has 11 heteroatoms. The summed E-state index contributed by atoms with van der Waals surface area (Å²) in [4.78, 5) is 21.2. The second-order valence-corrected chi connectivity index (χ2v) is 8.90. The quantitative estimate of drug-likeness (QED) is 0.377. The van der Waals surface area contributed by atoms with Crippen LogP contribution >= 0.6 is 0 Å². The molecule has 0 spiro atoms. The van der Waals surface area contributed by atoms with Gasteiger partial charge in [0.15, 0.2) is 17.3 Å². The highest BCUT2D eigenvalue weighted by molar-refractivity contribution is 5.81. The van der Waals surface area contributed by atoms with Crippen LogP contribution < -0.4 is 4.90 Å². The molecule has 1 aromatic carbocycles. The molecule has 1 saturated heterocycles. The summed E-state index contributed by atoms with van der Waals surface area (Å²) in [6.45, 7) is 2.84. The largest absolute Gasteiger partial charge is 0.378 e. The third-order valence-corrected chi connectivity index (χ3v) is 6.50. The molecule has 0 bridgehead atoms. The minimum Gasteiger partial charge on any atom is -0.378 e. The van der Waals surface area contributed by atoms with E-state index in [9.17, 15) is 0 Å². The van der Waals surface area contributed by atoms with Crippen LogP contribution in [0.25, 0.3) is 51.3 Å². The molecule has 1 fully saturated rings. The van der Waals surface area contributed by atoms with Crippen LogP contribution in [0.4, 0.5) is 5.82 Å². The van der Waals surface area contributed by atoms with E-state index in [-0.39, 0.29) is 0 Å². The van der Waals surface area contributed by atoms with Crippen LogP contribution in [0.1, 0.15) is 11.4 Å². The van der Waals surface area contributed by atoms with E-state index in [0.717, 1.165) is 63.7 Å². The van der Waals surface area contributed by atoms with E-state index in [1.165, 1.54) is 0 Å². The van der Waals surface area contributed by atoms with Gasteiger partial charge in [0.05, 0.1) is 42.0 Å². The van der Waals surface area contributed by atoms with Gasteiger partial charge in [-0.2, -0.15) is 0 Å². The van der Waals surface area contributed by atoms with Gasteiger partial charge < -0.3 is 9.64 Å². The zero-order valence-corrected chi connectivity index (χ0v) is 20.3. The van der Waals surface area contributed by atoms with Gasteiger partial charge in [0, 0.05) is 48.2 Å². The average molecular weight is 503 g/mol. The van der Waals surface area contributed by atoms with Crippen molar-refractivity contribution in [1.29, 1.82) is 0 Å². The molecule has 7 rings (SSSR count). The number of hydrogen-bond acceptors (Lipinski definition) is 9. The highest BCUT2D eigenvalue weighted by atomic mass is 16.5. The second kappa shape index (κ2) is 9.45. The molecule has 6 heterocycles. The Balaban J connectivity index is 1.32. The lowest BCUT2D eigenvalue weighted by atomic mass is 10.1. The number of rotatable bonds is 5. The van der Waals surface area contributed by atoms with Crippen LogP contribution in [0, 0.1) is 0 Å². The fourth-order valence-corrected chi connectivity index (χ4v) is 4.61. The number of benzene rings is 1. The molecule has 186 valence electrons. The maximum atomic E-state index is 5.56. The molecule has 5 aromatic heterocycles. The number of anilines is 1. The lowest BCUT2D eigenvalue weighted by molar-refractivity contribution is 0.122. The first kappa shape index (κ1) is 22.2. The van der Waals surface area contributed by atoms with Gasteiger partial charge in [-0.3, -0.25) is 9.38 Å². The third kappa shape index (κ3) is 4.14. The Bertz CT molecular complexity index is 1770. The molecule has 1 aliphatic rings. The summed E-state index contributed by atoms with van der Waals surface area (Å²) >= 11 is 0. The topological polar surface area (TPSA) is 123 Å². The number of imidazole rings is 1. The number of aromatic amines is 1. The molecule has 1 N–H and O–H groups in total. The Hall–Kier alpha value is -5.03. The molecular formula is C27H22N10O. The average Bonchev–Trinajstić information content (AvgIpc) is 3.67. The zero-order valence-electron chi connectivity index (χ0n) is 20.3. The molecule has 11 nitrogen and oxygen atoms in total. The molecular weight excluding hydrogens is 480 g/mol. The lowest BCUT2D eigenvalue weighted by Gasteiger charge is -2.28. The molecule has 0 saturated carbocycles. The third-order valence-electron chi connectivity index (χ3n) is 6.50. The minimum atomic E-state index is 0.547. The van der Waals surface area contributed by atoms with Gasteiger partial charge >= 0.3 is 0 Å². The number of H-pyrrole nitrogens is 1. The number of aromatic nitrogens is 9. The predicted octanol–water partition coefficient (Wildman–Crippen LogP) is 3.53. The Morgan fingerprint density at radius 3 is 2.66 bits per heavy atom. The van der Waals surface area contributed by atoms with Crippen LogP contribution in [0.5, 0.6) is 0 Å². The van der Waals surface area contributed by atoms with Crippen molar-refractivity contribution < 1.29 is 4.74 Å². The van der Waals surface area contributed by atoms with E-state index >= 15 is 0 Å². The SMILES string of the molecule is C(=C\c1cn2c(-c3cncc(-c4nnn[nH]4)c3)cnc(N3CCOCC3)c2n1)/c1ccc2ccccc2n1. The second-order valence-electron chi connectivity index (χ2n) is 8.90. The Morgan fingerprint density at radius 1 is 0.895 bits per heavy atom. The highest BCUT2D eigenvalue weighted by Gasteiger charge is 2.20. The number of hydrogen-bond donors (Lipinski definition) is 1. The van der Waals surface area contributed by atoms with E-state index in [1.54, 1.807) is 12.4 Å². The van der Waals surface area contributed by atoms with Gasteiger partial charge in [0.1, 0.15) is 0 Å². The number of para-hydroxylation sites is 1. The van der Waals surface area contributed by atoms with Gasteiger partial charge in [-0.15, -0.1) is 5.10 Å². The summed E-state index contributed by atoms with van der Waals surface area (Å²) in [5.41, 5.74) is 5.89. The molecule has 0 radical (unpaired) electrons. The van der Waals surface area contributed by atoms with E-state index in [1.807, 2.05) is 54.9 Å². The molecule has 6 aromatic rings. The molecule has 0 atom stereocenters. The number of nitrogens with zero attached hydrogens (tertiary/aromatic N) is 9. The van der Waals surface area contributed by atoms with Crippen molar-refractivity contribution in [3.8, 4) is 22.6 Å². The van der Waals surface area contributed by atoms with Crippen LogP contribution in [-0.4, -0.2) is 71.3 Å². The van der Waals surface area contributed by atoms with Crippen LogP contribution in [0.15, 0.2) is 67.3 Å². The van der Waals surface area contributed by atoms with E-state index in [0.29, 0.717) is 19.0 Å². The maximum Gasteiger partial charge on any atom is 0.181 e. The number of pyridine rings is 2. The van der Waals surface area contributed by atoms with Crippen molar-refractivity contribution >= 4 is 34.5 Å². The van der Waals surface area contributed by atoms with Crippen molar-refractivity contribution in [1.82, 2.24) is 45.0 Å². The molecule has 0 unspecified atom stereocenters. The first-order chi connectivity index (χ1) is 18.8. The smallest absolute Gasteiger partial charge is 0.181 e. The van der Waals surface area contributed by atoms with Crippen molar-refractivity contribution in [3.05, 3.63) is 78.6 Å². The minimum absolute atomic E-state index is 0.547. The summed E-state index contributed by atoms with van der Waals surface area (Å²) in [5, 5.41) is 15.3. The van der Waals surface area contributed by atoms with Gasteiger partial charge in [0.2, 0.25) is 0 Å². The van der Waals surface area contributed by atoms with Crippen molar-refractivity contribution in [3.63, 3.8) is 0 Å². The van der Waals surface area contributed by atoms with Crippen molar-refractivity contribution in [2.75, 3.05) is 31.2 Å². The monoisotopic (exact) mass is 502 g/mol. The van der Waals surface area contributed by atoms with Gasteiger partial charge in [-0.1, -0.05) is 24.3 Å². The fourth-order valence-electron chi connectivity index (χ4n) is 4.61. The molecule has 38 heavy (non-hydrogen) atoms. The number of tetrazole rings is 1. The Morgan fingerprint density at radius 2 is 1.76 bits per heavy atom. The van der Waals surface area contributed by atoms with Crippen LogP contribution in [0.2, 0.25) is 0 Å². The molecule has 0 amide bonds. The summed E-state index contributed by atoms with van der Waals surface area (Å²) < 4.78 is 7.62. The first-order valence-corrected chi connectivity index (χ1v) is 12.3. The standard InChI is InChI=1S/C27H22N10O/c1-2-4-23-18(3-1)5-6-21(30-23)7-8-22-17-37-24(19-13-20(15-28-14-19)25-32-34-35-33-25)16-29-26(27(37)31-22)36-9-11-38-12-10-36/h1-8,13-17H,9-12H2,(H,32,33,34,35)/b8-7+. The Labute approximate surface area is 216 Å². The lowest BCUT2D eigenvalue weighted by Crippen LogP contribution is -2.37. The molecule has 0 aliphatic carbocycles. The van der Waals surface area contributed by atoms with Crippen molar-refractivity contribution in [2.24, 2.45) is 0 Å². The van der Waals surface area contributed by atoms with Crippen molar-refractivity contribution in [2.45, 2.75) is 0 Å². The highest BCUT2D eigenvalue weighted by Crippen LogP contribution is 2.28. The number of ether oxygens (including phenoxy) is 1. The predicted molar refractivity (Wildman–Crippen MR) is 143 cm³/mol. The van der Waals surface area contributed by atoms with E-state index < -0.39 is 0 Å². The van der Waals surface area contributed by atoms with Crippen LogP contribution in [-0.2, 0) is 4.74 Å². The van der Waals surface area contributed by atoms with Gasteiger partial charge in [-0.25, -0.2) is 20.1 Å². The van der Waals surface area contributed by atoms with E-state index in [2.05, 4.69) is 47.0 Å². The van der Waals surface area contributed by atoms with E-state index in [4.69, 9.17) is 19.7 Å². The van der Waals surface area contributed by atoms with Gasteiger partial charge in [0.25, 0.3) is 0 Å². The summed E-state index contributed by atoms with van der Waals surface area (Å²) in [6.07, 6.45) is 11.3. The Kier molecular flexibility index (Phi) is 5.52. The number of nitrogens with one attached hydrogen (secondary N) is 1. The van der Waals surface area contributed by atoms with Gasteiger partial charge in [-0.05, 0) is 40.8 Å². The van der Waals surface area contributed by atoms with Crippen LogP contribution in [0.3, 0.4) is 0 Å². The summed E-state index contributed by atoms with van der Waals surface area (Å²) in [5.74, 6) is 1.37. The summed E-state index contributed by atoms with van der Waals surface area (Å²) in [6, 6.07) is 14.2. The first-order valence-electron chi connectivity index (χ1n) is 12.3. The number of morpholine rings is 1. The normalized spacial score (nSPS) is 14.2. The molecule has 1 aliphatic heterocycles. The number of fused-ring (bicyclic) bond motifs is 2. The zero-order chi connectivity index (χ0) is 25.3. The summed E-state index contributed by atoms with van der Waals surface area (Å²) in [7, 11) is 0. The fraction of sp³-hybridized carbons (Fsp3) is 0.148.